The molecule has 0 saturated carbocycles. The molecule has 11 heavy (non-hydrogen) atoms. The molecule has 0 N–H and O–H groups in total. The fourth-order valence-corrected chi connectivity index (χ4v) is 0.641. The van der Waals surface area contributed by atoms with Gasteiger partial charge in [0.25, 0.3) is 5.96 Å². The zero-order valence-electron chi connectivity index (χ0n) is 5.93. The maximum atomic E-state index is 9.90. The third-order valence-electron chi connectivity index (χ3n) is 1.09. The zero-order chi connectivity index (χ0) is 8.27. The number of ether oxygens (including phenoxy) is 1. The molecule has 1 saturated heterocycles. The molecule has 0 atom stereocenters. The molecule has 1 radical (unpaired) electrons. The van der Waals surface area contributed by atoms with Gasteiger partial charge in [0.2, 0.25) is 0 Å². The Morgan fingerprint density at radius 3 is 3.18 bits per heavy atom. The summed E-state index contributed by atoms with van der Waals surface area (Å²) < 4.78 is 4.85. The topological polar surface area (TPSA) is 82.1 Å². The maximum Gasteiger partial charge on any atom is 0.296 e. The van der Waals surface area contributed by atoms with Crippen molar-refractivity contribution in [3.8, 4) is 0 Å². The van der Waals surface area contributed by atoms with E-state index in [0.717, 1.165) is 0 Å². The molecule has 0 aliphatic carbocycles. The van der Waals surface area contributed by atoms with Crippen LogP contribution in [-0.4, -0.2) is 36.4 Å². The van der Waals surface area contributed by atoms with Gasteiger partial charge in [0, 0.05) is 7.05 Å². The second kappa shape index (κ2) is 3.15. The van der Waals surface area contributed by atoms with Crippen molar-refractivity contribution in [1.29, 1.82) is 0 Å². The summed E-state index contributed by atoms with van der Waals surface area (Å²) in [4.78, 5) is 11.4. The van der Waals surface area contributed by atoms with Crippen LogP contribution in [0.2, 0.25) is 0 Å². The van der Waals surface area contributed by atoms with Crippen molar-refractivity contribution in [2.75, 3.05) is 20.5 Å². The summed E-state index contributed by atoms with van der Waals surface area (Å²) in [5, 5.41) is 15.8. The van der Waals surface area contributed by atoms with E-state index in [2.05, 4.69) is 10.4 Å². The third kappa shape index (κ3) is 2.04. The molecule has 0 aromatic carbocycles. The second-order valence-electron chi connectivity index (χ2n) is 1.96. The van der Waals surface area contributed by atoms with Crippen molar-refractivity contribution in [3.05, 3.63) is 10.1 Å². The van der Waals surface area contributed by atoms with Crippen LogP contribution in [0.4, 0.5) is 0 Å². The number of hydrazone groups is 1. The molecule has 0 amide bonds. The van der Waals surface area contributed by atoms with Gasteiger partial charge < -0.3 is 9.64 Å². The summed E-state index contributed by atoms with van der Waals surface area (Å²) in [6, 6.07) is 0. The average molecular weight is 159 g/mol. The Kier molecular flexibility index (Phi) is 2.21. The van der Waals surface area contributed by atoms with E-state index >= 15 is 0 Å². The number of nitro groups is 1. The predicted octanol–water partition coefficient (Wildman–Crippen LogP) is -0.984. The smallest absolute Gasteiger partial charge is 0.296 e. The van der Waals surface area contributed by atoms with Crippen LogP contribution in [-0.2, 0) is 4.74 Å². The molecule has 1 aliphatic rings. The van der Waals surface area contributed by atoms with Gasteiger partial charge in [-0.05, 0) is 0 Å². The number of rotatable bonds is 1. The molecular formula is C4H7N4O3. The lowest BCUT2D eigenvalue weighted by atomic mass is 10.7. The lowest BCUT2D eigenvalue weighted by molar-refractivity contribution is -0.486. The van der Waals surface area contributed by atoms with Crippen LogP contribution in [0.1, 0.15) is 0 Å². The first-order valence-electron chi connectivity index (χ1n) is 2.89. The van der Waals surface area contributed by atoms with Crippen molar-refractivity contribution in [1.82, 2.24) is 10.2 Å². The van der Waals surface area contributed by atoms with Gasteiger partial charge in [0.1, 0.15) is 18.6 Å². The predicted molar refractivity (Wildman–Crippen MR) is 35.1 cm³/mol. The van der Waals surface area contributed by atoms with Crippen LogP contribution >= 0.6 is 0 Å². The van der Waals surface area contributed by atoms with Gasteiger partial charge in [-0.15, -0.1) is 0 Å². The standard InChI is InChI=1S/C4H7N4O3/c1-7-3-11-2-5-4(7)6-8(9)10/h2-3H2,1H3. The van der Waals surface area contributed by atoms with E-state index in [9.17, 15) is 10.1 Å². The molecular weight excluding hydrogens is 152 g/mol. The first kappa shape index (κ1) is 7.73. The summed E-state index contributed by atoms with van der Waals surface area (Å²) in [7, 11) is 1.62. The Hall–Kier alpha value is -1.37. The molecule has 1 rings (SSSR count). The lowest BCUT2D eigenvalue weighted by Crippen LogP contribution is -2.42. The highest BCUT2D eigenvalue weighted by molar-refractivity contribution is 5.78. The van der Waals surface area contributed by atoms with E-state index in [1.165, 1.54) is 4.90 Å². The summed E-state index contributed by atoms with van der Waals surface area (Å²) in [6.45, 7) is 0.424. The van der Waals surface area contributed by atoms with Gasteiger partial charge in [0.15, 0.2) is 5.03 Å². The maximum absolute atomic E-state index is 9.90. The SMILES string of the molecule is CN1COC[N]C1=N[N+](=O)[O-]. The van der Waals surface area contributed by atoms with E-state index in [0.29, 0.717) is 0 Å². The molecule has 1 aliphatic heterocycles. The minimum atomic E-state index is -0.777. The molecule has 1 fully saturated rings. The van der Waals surface area contributed by atoms with Crippen LogP contribution in [0.25, 0.3) is 0 Å². The Bertz CT molecular complexity index is 192. The van der Waals surface area contributed by atoms with Crippen molar-refractivity contribution >= 4 is 5.96 Å². The molecule has 1 heterocycles. The number of hydrogen-bond donors (Lipinski definition) is 0. The Morgan fingerprint density at radius 1 is 1.91 bits per heavy atom. The molecule has 0 bridgehead atoms. The Morgan fingerprint density at radius 2 is 2.64 bits per heavy atom. The molecule has 0 spiro atoms. The van der Waals surface area contributed by atoms with Crippen molar-refractivity contribution in [2.45, 2.75) is 0 Å². The van der Waals surface area contributed by atoms with E-state index in [1.54, 1.807) is 7.05 Å². The summed E-state index contributed by atoms with van der Waals surface area (Å²) >= 11 is 0. The molecule has 61 valence electrons. The highest BCUT2D eigenvalue weighted by Crippen LogP contribution is 1.94. The fraction of sp³-hybridized carbons (Fsp3) is 0.750. The van der Waals surface area contributed by atoms with Crippen LogP contribution in [0.15, 0.2) is 5.10 Å². The van der Waals surface area contributed by atoms with Crippen LogP contribution in [0.5, 0.6) is 0 Å². The lowest BCUT2D eigenvalue weighted by Gasteiger charge is -2.22. The summed E-state index contributed by atoms with van der Waals surface area (Å²) in [6.07, 6.45) is 0. The van der Waals surface area contributed by atoms with E-state index in [-0.39, 0.29) is 19.4 Å². The molecule has 7 heteroatoms. The van der Waals surface area contributed by atoms with Crippen molar-refractivity contribution in [2.24, 2.45) is 5.10 Å². The molecule has 0 aromatic heterocycles. The van der Waals surface area contributed by atoms with Crippen molar-refractivity contribution < 1.29 is 9.77 Å². The number of nitrogens with zero attached hydrogens (tertiary/aromatic N) is 4. The highest BCUT2D eigenvalue weighted by atomic mass is 16.7. The normalized spacial score (nSPS) is 21.5. The first-order chi connectivity index (χ1) is 5.20. The minimum absolute atomic E-state index is 0.0984. The average Bonchev–Trinajstić information content (AvgIpc) is 1.93. The minimum Gasteiger partial charge on any atom is -0.339 e. The van der Waals surface area contributed by atoms with Gasteiger partial charge in [0.05, 0.1) is 0 Å². The Balaban J connectivity index is 2.60. The number of hydrogen-bond acceptors (Lipinski definition) is 3. The summed E-state index contributed by atoms with van der Waals surface area (Å²) in [5.74, 6) is 0.0984. The van der Waals surface area contributed by atoms with Crippen LogP contribution in [0, 0.1) is 10.1 Å². The van der Waals surface area contributed by atoms with E-state index in [1.807, 2.05) is 0 Å². The van der Waals surface area contributed by atoms with Gasteiger partial charge in [-0.25, -0.2) is 15.4 Å². The largest absolute Gasteiger partial charge is 0.339 e. The quantitative estimate of drug-likeness (QED) is 0.363. The monoisotopic (exact) mass is 159 g/mol. The zero-order valence-corrected chi connectivity index (χ0v) is 5.93. The number of guanidine groups is 1. The molecule has 7 nitrogen and oxygen atoms in total. The molecule has 0 aromatic rings. The highest BCUT2D eigenvalue weighted by Gasteiger charge is 2.16. The van der Waals surface area contributed by atoms with Gasteiger partial charge in [-0.1, -0.05) is 0 Å². The molecule has 0 unspecified atom stereocenters. The second-order valence-corrected chi connectivity index (χ2v) is 1.96. The van der Waals surface area contributed by atoms with E-state index < -0.39 is 5.03 Å². The summed E-state index contributed by atoms with van der Waals surface area (Å²) in [5.41, 5.74) is 0. The van der Waals surface area contributed by atoms with E-state index in [4.69, 9.17) is 4.74 Å². The first-order valence-corrected chi connectivity index (χ1v) is 2.89. The third-order valence-corrected chi connectivity index (χ3v) is 1.09. The van der Waals surface area contributed by atoms with Gasteiger partial charge in [-0.3, -0.25) is 0 Å². The van der Waals surface area contributed by atoms with Gasteiger partial charge in [-0.2, -0.15) is 0 Å². The fourth-order valence-electron chi connectivity index (χ4n) is 0.641. The van der Waals surface area contributed by atoms with Gasteiger partial charge >= 0.3 is 0 Å². The van der Waals surface area contributed by atoms with Crippen LogP contribution in [0.3, 0.4) is 0 Å². The Labute approximate surface area is 62.8 Å². The van der Waals surface area contributed by atoms with Crippen LogP contribution < -0.4 is 5.32 Å². The van der Waals surface area contributed by atoms with Crippen molar-refractivity contribution in [3.63, 3.8) is 0 Å².